The van der Waals surface area contributed by atoms with Gasteiger partial charge in [-0.25, -0.2) is 8.78 Å². The monoisotopic (exact) mass is 614 g/mol. The molecule has 3 aliphatic heterocycles. The van der Waals surface area contributed by atoms with Crippen LogP contribution in [0.25, 0.3) is 32.9 Å². The molecule has 3 saturated heterocycles. The average molecular weight is 615 g/mol. The van der Waals surface area contributed by atoms with E-state index in [9.17, 15) is 4.39 Å². The molecule has 2 aromatic carbocycles. The maximum absolute atomic E-state index is 16.7. The zero-order chi connectivity index (χ0) is 31.6. The van der Waals surface area contributed by atoms with Gasteiger partial charge in [-0.1, -0.05) is 44.0 Å². The largest absolute Gasteiger partial charge is 0.461 e. The molecule has 0 bridgehead atoms. The van der Waals surface area contributed by atoms with Gasteiger partial charge in [0.1, 0.15) is 29.5 Å². The molecule has 0 radical (unpaired) electrons. The van der Waals surface area contributed by atoms with Gasteiger partial charge in [-0.15, -0.1) is 6.42 Å². The molecule has 8 nitrogen and oxygen atoms in total. The summed E-state index contributed by atoms with van der Waals surface area (Å²) in [7, 11) is 1.67. The number of hydrogen-bond donors (Lipinski definition) is 1. The van der Waals surface area contributed by atoms with E-state index in [1.54, 1.807) is 31.5 Å². The van der Waals surface area contributed by atoms with Crippen molar-refractivity contribution in [3.8, 4) is 29.6 Å². The summed E-state index contributed by atoms with van der Waals surface area (Å²) in [5.41, 5.74) is 0.612. The first-order chi connectivity index (χ1) is 22.0. The predicted octanol–water partition coefficient (Wildman–Crippen LogP) is 5.56. The van der Waals surface area contributed by atoms with Gasteiger partial charge >= 0.3 is 6.01 Å². The number of fused-ring (bicyclic) bond motifs is 3. The van der Waals surface area contributed by atoms with Crippen LogP contribution in [-0.2, 0) is 4.74 Å². The van der Waals surface area contributed by atoms with Crippen molar-refractivity contribution >= 4 is 27.5 Å². The van der Waals surface area contributed by atoms with Crippen LogP contribution in [0.1, 0.15) is 45.1 Å². The molecule has 0 amide bonds. The van der Waals surface area contributed by atoms with E-state index in [-0.39, 0.29) is 34.4 Å². The van der Waals surface area contributed by atoms with Crippen molar-refractivity contribution in [3.63, 3.8) is 0 Å². The first-order valence-electron chi connectivity index (χ1n) is 15.9. The minimum Gasteiger partial charge on any atom is -0.461 e. The summed E-state index contributed by atoms with van der Waals surface area (Å²) in [5.74, 6) is 1.84. The Labute approximate surface area is 263 Å². The Balaban J connectivity index is 0.00000175. The number of nitrogens with zero attached hydrogens (tertiary/aromatic N) is 5. The maximum Gasteiger partial charge on any atom is 0.319 e. The predicted molar refractivity (Wildman–Crippen MR) is 174 cm³/mol. The Morgan fingerprint density at radius 1 is 1.09 bits per heavy atom. The number of halogens is 2. The maximum atomic E-state index is 16.7. The minimum atomic E-state index is -0.629. The van der Waals surface area contributed by atoms with Gasteiger partial charge in [0, 0.05) is 49.9 Å². The number of nitrogens with one attached hydrogen (secondary N) is 1. The number of terminal acetylenes is 1. The second-order valence-corrected chi connectivity index (χ2v) is 11.7. The van der Waals surface area contributed by atoms with Crippen molar-refractivity contribution < 1.29 is 18.3 Å². The fraction of sp³-hybridized carbons (Fsp3) is 0.457. The summed E-state index contributed by atoms with van der Waals surface area (Å²) in [6.07, 6.45) is 11.7. The molecule has 1 N–H and O–H groups in total. The number of methoxy groups -OCH3 is 1. The highest BCUT2D eigenvalue weighted by Crippen LogP contribution is 2.40. The minimum absolute atomic E-state index is 0.0162. The Hall–Kier alpha value is -3.91. The number of pyridine rings is 1. The van der Waals surface area contributed by atoms with Gasteiger partial charge in [0.25, 0.3) is 0 Å². The van der Waals surface area contributed by atoms with Gasteiger partial charge in [-0.05, 0) is 50.2 Å². The molecule has 236 valence electrons. The first kappa shape index (κ1) is 31.1. The van der Waals surface area contributed by atoms with E-state index >= 15 is 4.39 Å². The molecular weight excluding hydrogens is 574 g/mol. The number of aromatic nitrogens is 3. The van der Waals surface area contributed by atoms with Crippen LogP contribution in [0.3, 0.4) is 0 Å². The topological polar surface area (TPSA) is 75.6 Å². The molecule has 0 aliphatic carbocycles. The zero-order valence-corrected chi connectivity index (χ0v) is 26.2. The van der Waals surface area contributed by atoms with E-state index < -0.39 is 11.6 Å². The number of hydrogen-bond acceptors (Lipinski definition) is 8. The lowest BCUT2D eigenvalue weighted by Gasteiger charge is -2.35. The van der Waals surface area contributed by atoms with Crippen LogP contribution in [0.15, 0.2) is 36.5 Å². The van der Waals surface area contributed by atoms with Crippen LogP contribution >= 0.6 is 0 Å². The van der Waals surface area contributed by atoms with Gasteiger partial charge in [0.05, 0.1) is 23.1 Å². The van der Waals surface area contributed by atoms with E-state index in [2.05, 4.69) is 31.0 Å². The molecule has 0 spiro atoms. The van der Waals surface area contributed by atoms with Gasteiger partial charge in [0.15, 0.2) is 5.82 Å². The molecule has 2 aromatic heterocycles. The van der Waals surface area contributed by atoms with Crippen molar-refractivity contribution in [1.82, 2.24) is 25.2 Å². The van der Waals surface area contributed by atoms with E-state index in [4.69, 9.17) is 20.9 Å². The van der Waals surface area contributed by atoms with E-state index in [0.717, 1.165) is 45.3 Å². The Kier molecular flexibility index (Phi) is 9.13. The molecule has 1 atom stereocenters. The molecule has 5 heterocycles. The van der Waals surface area contributed by atoms with Crippen molar-refractivity contribution in [3.05, 3.63) is 53.7 Å². The highest BCUT2D eigenvalue weighted by atomic mass is 19.1. The summed E-state index contributed by atoms with van der Waals surface area (Å²) in [6.45, 7) is 9.15. The second-order valence-electron chi connectivity index (χ2n) is 11.7. The number of rotatable bonds is 7. The van der Waals surface area contributed by atoms with Crippen molar-refractivity contribution in [2.75, 3.05) is 57.9 Å². The second kappa shape index (κ2) is 13.2. The van der Waals surface area contributed by atoms with Gasteiger partial charge in [0.2, 0.25) is 0 Å². The molecule has 7 rings (SSSR count). The van der Waals surface area contributed by atoms with Crippen molar-refractivity contribution in [2.45, 2.75) is 51.1 Å². The smallest absolute Gasteiger partial charge is 0.319 e. The van der Waals surface area contributed by atoms with E-state index in [0.29, 0.717) is 53.8 Å². The molecular formula is C35H40F2N6O2. The molecule has 4 aromatic rings. The number of benzene rings is 2. The van der Waals surface area contributed by atoms with Gasteiger partial charge in [-0.3, -0.25) is 9.88 Å². The van der Waals surface area contributed by atoms with Gasteiger partial charge in [-0.2, -0.15) is 9.97 Å². The highest BCUT2D eigenvalue weighted by Gasteiger charge is 2.45. The molecule has 3 fully saturated rings. The lowest BCUT2D eigenvalue weighted by atomic mass is 9.95. The normalized spacial score (nSPS) is 19.3. The summed E-state index contributed by atoms with van der Waals surface area (Å²) < 4.78 is 43.2. The zero-order valence-electron chi connectivity index (χ0n) is 26.2. The summed E-state index contributed by atoms with van der Waals surface area (Å²) in [6, 6.07) is 8.50. The van der Waals surface area contributed by atoms with Crippen LogP contribution in [0, 0.1) is 24.0 Å². The lowest BCUT2D eigenvalue weighted by molar-refractivity contribution is 0.108. The molecule has 10 heteroatoms. The van der Waals surface area contributed by atoms with E-state index in [1.807, 2.05) is 19.9 Å². The quantitative estimate of drug-likeness (QED) is 0.271. The Bertz CT molecular complexity index is 1730. The van der Waals surface area contributed by atoms with Crippen molar-refractivity contribution in [1.29, 1.82) is 0 Å². The van der Waals surface area contributed by atoms with Crippen molar-refractivity contribution in [2.24, 2.45) is 0 Å². The lowest BCUT2D eigenvalue weighted by Crippen LogP contribution is -2.53. The fourth-order valence-electron chi connectivity index (χ4n) is 7.20. The molecule has 0 saturated carbocycles. The fourth-order valence-corrected chi connectivity index (χ4v) is 7.20. The van der Waals surface area contributed by atoms with Crippen LogP contribution in [-0.4, -0.2) is 84.5 Å². The Morgan fingerprint density at radius 2 is 1.89 bits per heavy atom. The number of ether oxygens (including phenoxy) is 2. The molecule has 1 unspecified atom stereocenters. The molecule has 45 heavy (non-hydrogen) atoms. The Morgan fingerprint density at radius 3 is 2.64 bits per heavy atom. The third-order valence-corrected chi connectivity index (χ3v) is 9.24. The summed E-state index contributed by atoms with van der Waals surface area (Å²) in [4.78, 5) is 18.7. The highest BCUT2D eigenvalue weighted by molar-refractivity contribution is 6.02. The van der Waals surface area contributed by atoms with Crippen LogP contribution < -0.4 is 15.0 Å². The van der Waals surface area contributed by atoms with Crippen LogP contribution in [0.5, 0.6) is 6.01 Å². The van der Waals surface area contributed by atoms with Gasteiger partial charge < -0.3 is 19.7 Å². The van der Waals surface area contributed by atoms with Crippen LogP contribution in [0.2, 0.25) is 0 Å². The standard InChI is InChI=1S/C33H34F2N6O2.C2H6/c1-3-23-26(34)10-9-21-7-4-8-24(27(21)23)29-28(35)30-25(17-37-29)31(40-16-13-36-22(18-40)19-42-2)39-32(38-30)43-20-33-11-5-14-41(33)15-6-12-33;1-2/h1,4,7-10,17,22,36H,5-6,11-16,18-20H2,2H3;1-2H3. The number of piperazine rings is 1. The third kappa shape index (κ3) is 5.69. The summed E-state index contributed by atoms with van der Waals surface area (Å²) >= 11 is 0. The SMILES string of the molecule is C#Cc1c(F)ccc2cccc(-c3ncc4c(N5CCNC(COC)C5)nc(OCC56CCCN5CCC6)nc4c3F)c12.CC. The van der Waals surface area contributed by atoms with E-state index in [1.165, 1.54) is 6.07 Å². The first-order valence-corrected chi connectivity index (χ1v) is 15.9. The summed E-state index contributed by atoms with van der Waals surface area (Å²) in [5, 5.41) is 5.08. The van der Waals surface area contributed by atoms with Crippen LogP contribution in [0.4, 0.5) is 14.6 Å². The number of anilines is 1. The molecule has 3 aliphatic rings. The average Bonchev–Trinajstić information content (AvgIpc) is 3.66. The third-order valence-electron chi connectivity index (χ3n) is 9.24.